The van der Waals surface area contributed by atoms with Crippen LogP contribution in [0, 0.1) is 5.92 Å². The van der Waals surface area contributed by atoms with Crippen molar-refractivity contribution < 1.29 is 29.0 Å². The van der Waals surface area contributed by atoms with Gasteiger partial charge in [0.15, 0.2) is 8.32 Å². The van der Waals surface area contributed by atoms with E-state index in [1.54, 1.807) is 12.0 Å². The number of carbonyl (C=O) groups is 2. The van der Waals surface area contributed by atoms with Crippen LogP contribution in [-0.2, 0) is 14.3 Å². The van der Waals surface area contributed by atoms with Gasteiger partial charge in [-0.2, -0.15) is 5.10 Å². The number of fused-ring (bicyclic) bond motifs is 1. The lowest BCUT2D eigenvalue weighted by Gasteiger charge is -2.44. The minimum absolute atomic E-state index is 0.0510. The maximum atomic E-state index is 13.4. The maximum Gasteiger partial charge on any atom is 0.247 e. The van der Waals surface area contributed by atoms with Crippen molar-refractivity contribution in [3.05, 3.63) is 59.7 Å². The number of anilines is 1. The third kappa shape index (κ3) is 5.97. The number of amides is 2. The van der Waals surface area contributed by atoms with Gasteiger partial charge in [-0.1, -0.05) is 37.3 Å². The molecule has 1 unspecified atom stereocenters. The number of carbonyl (C=O) groups excluding carboxylic acids is 2. The summed E-state index contributed by atoms with van der Waals surface area (Å²) < 4.78 is 12.6. The summed E-state index contributed by atoms with van der Waals surface area (Å²) in [4.78, 5) is 39.5. The van der Waals surface area contributed by atoms with E-state index in [-0.39, 0.29) is 48.4 Å². The molecule has 3 aliphatic heterocycles. The number of rotatable bonds is 8. The van der Waals surface area contributed by atoms with Crippen molar-refractivity contribution in [3.8, 4) is 5.75 Å². The zero-order valence-electron chi connectivity index (χ0n) is 24.3. The smallest absolute Gasteiger partial charge is 0.247 e. The highest BCUT2D eigenvalue weighted by molar-refractivity contribution is 6.71. The lowest BCUT2D eigenvalue weighted by atomic mass is 9.86. The molecule has 1 saturated heterocycles. The first-order valence-electron chi connectivity index (χ1n) is 14.5. The fraction of sp³-hybridized carbons (Fsp3) is 0.516. The molecule has 2 amide bonds. The van der Waals surface area contributed by atoms with Gasteiger partial charge in [0.25, 0.3) is 0 Å². The monoisotopic (exact) mass is 579 g/mol. The summed E-state index contributed by atoms with van der Waals surface area (Å²) in [5.41, 5.74) is 2.93. The third-order valence-corrected chi connectivity index (χ3v) is 11.2. The van der Waals surface area contributed by atoms with E-state index < -0.39 is 14.4 Å². The zero-order valence-corrected chi connectivity index (χ0v) is 25.3. The molecule has 41 heavy (non-hydrogen) atoms. The fourth-order valence-electron chi connectivity index (χ4n) is 6.52. The van der Waals surface area contributed by atoms with Crippen LogP contribution in [0.25, 0.3) is 0 Å². The lowest BCUT2D eigenvalue weighted by Crippen LogP contribution is -2.50. The Hall–Kier alpha value is -3.05. The Labute approximate surface area is 242 Å². The Morgan fingerprint density at radius 2 is 1.95 bits per heavy atom. The minimum atomic E-state index is -2.87. The van der Waals surface area contributed by atoms with Crippen molar-refractivity contribution in [2.45, 2.75) is 75.9 Å². The van der Waals surface area contributed by atoms with Crippen LogP contribution in [0.2, 0.25) is 18.6 Å². The van der Waals surface area contributed by atoms with Crippen molar-refractivity contribution >= 4 is 31.5 Å². The largest absolute Gasteiger partial charge is 0.490 e. The SMILES string of the molecule is CO[C@H]1c2cc(N3N=C(c4ccccc4)CCC3=O)ccc2O[C@@H](C(CC(=O)N2CCC[C@H]2CO)[Si](C)(C)O)[C@@H]1C. The van der Waals surface area contributed by atoms with Gasteiger partial charge in [-0.15, -0.1) is 0 Å². The highest BCUT2D eigenvalue weighted by atomic mass is 28.4. The van der Waals surface area contributed by atoms with Crippen molar-refractivity contribution in [1.82, 2.24) is 4.90 Å². The Kier molecular flexibility index (Phi) is 8.65. The minimum Gasteiger partial charge on any atom is -0.490 e. The summed E-state index contributed by atoms with van der Waals surface area (Å²) >= 11 is 0. The summed E-state index contributed by atoms with van der Waals surface area (Å²) in [6.07, 6.45) is 1.97. The average molecular weight is 580 g/mol. The number of hydrazone groups is 1. The number of benzene rings is 2. The second kappa shape index (κ2) is 12.0. The van der Waals surface area contributed by atoms with E-state index in [2.05, 4.69) is 0 Å². The molecule has 9 nitrogen and oxygen atoms in total. The van der Waals surface area contributed by atoms with E-state index in [0.717, 1.165) is 29.7 Å². The molecule has 10 heteroatoms. The summed E-state index contributed by atoms with van der Waals surface area (Å²) in [5.74, 6) is 0.316. The van der Waals surface area contributed by atoms with Gasteiger partial charge < -0.3 is 24.3 Å². The number of hydrogen-bond acceptors (Lipinski definition) is 7. The van der Waals surface area contributed by atoms with Gasteiger partial charge in [0.1, 0.15) is 11.9 Å². The molecule has 2 aromatic carbocycles. The van der Waals surface area contributed by atoms with Crippen molar-refractivity contribution in [2.24, 2.45) is 11.0 Å². The van der Waals surface area contributed by atoms with Gasteiger partial charge in [0.2, 0.25) is 11.8 Å². The van der Waals surface area contributed by atoms with Gasteiger partial charge in [0.05, 0.1) is 30.2 Å². The molecular weight excluding hydrogens is 538 g/mol. The highest BCUT2D eigenvalue weighted by Crippen LogP contribution is 2.48. The molecule has 2 aromatic rings. The van der Waals surface area contributed by atoms with Gasteiger partial charge in [-0.05, 0) is 49.7 Å². The van der Waals surface area contributed by atoms with Crippen LogP contribution < -0.4 is 9.75 Å². The molecule has 0 spiro atoms. The Bertz CT molecular complexity index is 1300. The van der Waals surface area contributed by atoms with Gasteiger partial charge in [0, 0.05) is 49.9 Å². The number of aliphatic hydroxyl groups is 1. The predicted octanol–water partition coefficient (Wildman–Crippen LogP) is 4.24. The molecule has 220 valence electrons. The molecule has 5 rings (SSSR count). The quantitative estimate of drug-likeness (QED) is 0.453. The third-order valence-electron chi connectivity index (χ3n) is 8.80. The standard InChI is InChI=1S/C31H41N3O6Si/c1-20-30(39-2)24-17-22(34-28(36)15-13-25(32-34)21-9-6-5-7-10-21)12-14-26(24)40-31(20)27(41(3,4)38)18-29(37)33-16-8-11-23(33)19-35/h5-7,9-10,12,14,17,20,23,27,30-31,35,38H,8,11,13,15-16,18-19H2,1-4H3/t20-,23+,27?,30-,31-/m1/s1. The van der Waals surface area contributed by atoms with Crippen molar-refractivity contribution in [1.29, 1.82) is 0 Å². The van der Waals surface area contributed by atoms with E-state index in [9.17, 15) is 19.5 Å². The van der Waals surface area contributed by atoms with Crippen LogP contribution in [0.4, 0.5) is 5.69 Å². The molecule has 0 radical (unpaired) electrons. The Morgan fingerprint density at radius 3 is 2.63 bits per heavy atom. The normalized spacial score (nSPS) is 25.4. The highest BCUT2D eigenvalue weighted by Gasteiger charge is 2.48. The second-order valence-electron chi connectivity index (χ2n) is 12.0. The first kappa shape index (κ1) is 29.4. The molecule has 2 N–H and O–H groups in total. The van der Waals surface area contributed by atoms with Gasteiger partial charge in [-0.3, -0.25) is 9.59 Å². The Balaban J connectivity index is 1.43. The van der Waals surface area contributed by atoms with Crippen LogP contribution in [0.15, 0.2) is 53.6 Å². The Morgan fingerprint density at radius 1 is 1.20 bits per heavy atom. The number of likely N-dealkylation sites (tertiary alicyclic amines) is 1. The average Bonchev–Trinajstić information content (AvgIpc) is 3.45. The molecular formula is C31H41N3O6Si. The predicted molar refractivity (Wildman–Crippen MR) is 159 cm³/mol. The van der Waals surface area contributed by atoms with Crippen LogP contribution in [0.3, 0.4) is 0 Å². The fourth-order valence-corrected chi connectivity index (χ4v) is 8.37. The number of nitrogens with zero attached hydrogens (tertiary/aromatic N) is 3. The van der Waals surface area contributed by atoms with E-state index in [4.69, 9.17) is 14.6 Å². The summed E-state index contributed by atoms with van der Waals surface area (Å²) in [6.45, 7) is 6.29. The van der Waals surface area contributed by atoms with E-state index in [1.807, 2.05) is 68.5 Å². The molecule has 1 fully saturated rings. The number of ether oxygens (including phenoxy) is 2. The summed E-state index contributed by atoms with van der Waals surface area (Å²) in [5, 5.41) is 15.9. The lowest BCUT2D eigenvalue weighted by molar-refractivity contribution is -0.133. The molecule has 0 bridgehead atoms. The van der Waals surface area contributed by atoms with E-state index >= 15 is 0 Å². The van der Waals surface area contributed by atoms with Gasteiger partial charge in [-0.25, -0.2) is 5.01 Å². The molecule has 0 saturated carbocycles. The van der Waals surface area contributed by atoms with Crippen LogP contribution in [-0.4, -0.2) is 73.1 Å². The molecule has 3 aliphatic rings. The molecule has 0 aliphatic carbocycles. The molecule has 0 aromatic heterocycles. The first-order chi connectivity index (χ1) is 19.6. The summed E-state index contributed by atoms with van der Waals surface area (Å²) in [6, 6.07) is 15.3. The van der Waals surface area contributed by atoms with Crippen LogP contribution >= 0.6 is 0 Å². The summed E-state index contributed by atoms with van der Waals surface area (Å²) in [7, 11) is -1.23. The molecule has 5 atom stereocenters. The van der Waals surface area contributed by atoms with Crippen LogP contribution in [0.1, 0.15) is 56.3 Å². The zero-order chi connectivity index (χ0) is 29.3. The second-order valence-corrected chi connectivity index (χ2v) is 16.0. The first-order valence-corrected chi connectivity index (χ1v) is 17.6. The molecule has 3 heterocycles. The number of hydrogen-bond donors (Lipinski definition) is 2. The van der Waals surface area contributed by atoms with Crippen molar-refractivity contribution in [2.75, 3.05) is 25.3 Å². The van der Waals surface area contributed by atoms with Crippen molar-refractivity contribution in [3.63, 3.8) is 0 Å². The number of aliphatic hydroxyl groups excluding tert-OH is 1. The topological polar surface area (TPSA) is 112 Å². The van der Waals surface area contributed by atoms with Gasteiger partial charge >= 0.3 is 0 Å². The van der Waals surface area contributed by atoms with E-state index in [1.165, 1.54) is 5.01 Å². The number of methoxy groups -OCH3 is 1. The van der Waals surface area contributed by atoms with E-state index in [0.29, 0.717) is 30.8 Å². The maximum absolute atomic E-state index is 13.4. The van der Waals surface area contributed by atoms with Crippen LogP contribution in [0.5, 0.6) is 5.75 Å².